The van der Waals surface area contributed by atoms with E-state index < -0.39 is 6.10 Å². The molecule has 1 N–H and O–H groups in total. The van der Waals surface area contributed by atoms with Crippen molar-refractivity contribution in [3.05, 3.63) is 65.2 Å². The fraction of sp³-hybridized carbons (Fsp3) is 0.333. The van der Waals surface area contributed by atoms with Crippen LogP contribution in [0, 0.1) is 12.7 Å². The van der Waals surface area contributed by atoms with Crippen molar-refractivity contribution in [1.29, 1.82) is 0 Å². The molecular weight excluding hydrogens is 295 g/mol. The Kier molecular flexibility index (Phi) is 4.39. The highest BCUT2D eigenvalue weighted by molar-refractivity contribution is 5.94. The van der Waals surface area contributed by atoms with Crippen molar-refractivity contribution >= 4 is 5.91 Å². The van der Waals surface area contributed by atoms with E-state index >= 15 is 0 Å². The van der Waals surface area contributed by atoms with Gasteiger partial charge >= 0.3 is 0 Å². The fourth-order valence-electron chi connectivity index (χ4n) is 2.99. The molecule has 2 heterocycles. The number of amides is 1. The number of rotatable bonds is 3. The Morgan fingerprint density at radius 2 is 2.09 bits per heavy atom. The van der Waals surface area contributed by atoms with Crippen LogP contribution in [-0.4, -0.2) is 39.6 Å². The van der Waals surface area contributed by atoms with Gasteiger partial charge in [0.2, 0.25) is 0 Å². The number of aliphatic hydroxyl groups is 1. The van der Waals surface area contributed by atoms with Gasteiger partial charge in [-0.1, -0.05) is 6.07 Å². The molecule has 0 aliphatic carbocycles. The van der Waals surface area contributed by atoms with Gasteiger partial charge in [0.15, 0.2) is 0 Å². The lowest BCUT2D eigenvalue weighted by Gasteiger charge is -2.26. The van der Waals surface area contributed by atoms with E-state index in [1.165, 1.54) is 6.07 Å². The lowest BCUT2D eigenvalue weighted by Crippen LogP contribution is -2.41. The SMILES string of the molecule is Cc1ccc(C(=O)N2CC[C@H](O)[C@@H]2Cc2ccncc2)cc1F. The molecule has 0 saturated carbocycles. The molecule has 1 fully saturated rings. The molecular formula is C18H19FN2O2. The summed E-state index contributed by atoms with van der Waals surface area (Å²) in [7, 11) is 0. The molecule has 5 heteroatoms. The maximum atomic E-state index is 13.7. The molecule has 0 radical (unpaired) electrons. The predicted molar refractivity (Wildman–Crippen MR) is 84.5 cm³/mol. The number of hydrogen-bond donors (Lipinski definition) is 1. The molecule has 4 nitrogen and oxygen atoms in total. The highest BCUT2D eigenvalue weighted by Gasteiger charge is 2.36. The molecule has 1 aliphatic rings. The van der Waals surface area contributed by atoms with Crippen LogP contribution in [0.1, 0.15) is 27.9 Å². The van der Waals surface area contributed by atoms with Gasteiger partial charge in [0, 0.05) is 24.5 Å². The first-order valence-corrected chi connectivity index (χ1v) is 7.70. The van der Waals surface area contributed by atoms with Crippen molar-refractivity contribution in [3.63, 3.8) is 0 Å². The summed E-state index contributed by atoms with van der Waals surface area (Å²) in [4.78, 5) is 18.3. The summed E-state index contributed by atoms with van der Waals surface area (Å²) in [6.07, 6.45) is 3.91. The second-order valence-corrected chi connectivity index (χ2v) is 5.95. The van der Waals surface area contributed by atoms with E-state index in [-0.39, 0.29) is 17.8 Å². The maximum Gasteiger partial charge on any atom is 0.254 e. The molecule has 0 bridgehead atoms. The number of pyridine rings is 1. The van der Waals surface area contributed by atoms with Gasteiger partial charge in [0.1, 0.15) is 5.82 Å². The monoisotopic (exact) mass is 314 g/mol. The van der Waals surface area contributed by atoms with Crippen LogP contribution in [0.3, 0.4) is 0 Å². The summed E-state index contributed by atoms with van der Waals surface area (Å²) in [6.45, 7) is 2.14. The standard InChI is InChI=1S/C18H19FN2O2/c1-12-2-3-14(11-15(12)19)18(23)21-9-6-17(22)16(21)10-13-4-7-20-8-5-13/h2-5,7-8,11,16-17,22H,6,9-10H2,1H3/t16-,17-/m0/s1. The molecule has 0 spiro atoms. The van der Waals surface area contributed by atoms with Gasteiger partial charge < -0.3 is 10.0 Å². The average Bonchev–Trinajstić information content (AvgIpc) is 2.91. The van der Waals surface area contributed by atoms with Crippen molar-refractivity contribution < 1.29 is 14.3 Å². The van der Waals surface area contributed by atoms with Gasteiger partial charge in [-0.05, 0) is 55.2 Å². The first-order valence-electron chi connectivity index (χ1n) is 7.70. The summed E-state index contributed by atoms with van der Waals surface area (Å²) in [5, 5.41) is 10.2. The number of aryl methyl sites for hydroxylation is 1. The summed E-state index contributed by atoms with van der Waals surface area (Å²) in [6, 6.07) is 7.96. The van der Waals surface area contributed by atoms with Gasteiger partial charge in [0.25, 0.3) is 5.91 Å². The Morgan fingerprint density at radius 3 is 2.78 bits per heavy atom. The fourth-order valence-corrected chi connectivity index (χ4v) is 2.99. The van der Waals surface area contributed by atoms with Crippen LogP contribution in [0.2, 0.25) is 0 Å². The highest BCUT2D eigenvalue weighted by atomic mass is 19.1. The van der Waals surface area contributed by atoms with Crippen LogP contribution < -0.4 is 0 Å². The van der Waals surface area contributed by atoms with E-state index in [1.54, 1.807) is 36.4 Å². The van der Waals surface area contributed by atoms with E-state index in [2.05, 4.69) is 4.98 Å². The van der Waals surface area contributed by atoms with E-state index in [4.69, 9.17) is 0 Å². The molecule has 23 heavy (non-hydrogen) atoms. The lowest BCUT2D eigenvalue weighted by molar-refractivity contribution is 0.0639. The van der Waals surface area contributed by atoms with Crippen molar-refractivity contribution in [2.24, 2.45) is 0 Å². The molecule has 2 aromatic rings. The first kappa shape index (κ1) is 15.6. The largest absolute Gasteiger partial charge is 0.391 e. The lowest BCUT2D eigenvalue weighted by atomic mass is 10.0. The maximum absolute atomic E-state index is 13.7. The molecule has 1 aromatic carbocycles. The molecule has 1 amide bonds. The topological polar surface area (TPSA) is 53.4 Å². The van der Waals surface area contributed by atoms with E-state index in [9.17, 15) is 14.3 Å². The third-order valence-corrected chi connectivity index (χ3v) is 4.38. The van der Waals surface area contributed by atoms with Crippen molar-refractivity contribution in [1.82, 2.24) is 9.88 Å². The minimum Gasteiger partial charge on any atom is -0.391 e. The van der Waals surface area contributed by atoms with Crippen LogP contribution in [0.25, 0.3) is 0 Å². The highest BCUT2D eigenvalue weighted by Crippen LogP contribution is 2.24. The van der Waals surface area contributed by atoms with E-state index in [0.717, 1.165) is 5.56 Å². The zero-order valence-electron chi connectivity index (χ0n) is 12.9. The molecule has 0 unspecified atom stereocenters. The first-order chi connectivity index (χ1) is 11.1. The molecule has 120 valence electrons. The molecule has 3 rings (SSSR count). The molecule has 1 saturated heterocycles. The van der Waals surface area contributed by atoms with Crippen molar-refractivity contribution in [3.8, 4) is 0 Å². The number of aromatic nitrogens is 1. The zero-order chi connectivity index (χ0) is 16.4. The third kappa shape index (κ3) is 3.24. The minimum absolute atomic E-state index is 0.237. The van der Waals surface area contributed by atoms with Crippen molar-refractivity contribution in [2.75, 3.05) is 6.54 Å². The Morgan fingerprint density at radius 1 is 1.35 bits per heavy atom. The van der Waals surface area contributed by atoms with Crippen LogP contribution >= 0.6 is 0 Å². The van der Waals surface area contributed by atoms with Gasteiger partial charge in [-0.15, -0.1) is 0 Å². The van der Waals surface area contributed by atoms with Crippen LogP contribution in [0.5, 0.6) is 0 Å². The zero-order valence-corrected chi connectivity index (χ0v) is 12.9. The molecule has 1 aliphatic heterocycles. The Hall–Kier alpha value is -2.27. The average molecular weight is 314 g/mol. The molecule has 2 atom stereocenters. The second kappa shape index (κ2) is 6.46. The summed E-state index contributed by atoms with van der Waals surface area (Å²) in [5.41, 5.74) is 1.84. The summed E-state index contributed by atoms with van der Waals surface area (Å²) >= 11 is 0. The Labute approximate surface area is 134 Å². The smallest absolute Gasteiger partial charge is 0.254 e. The number of aliphatic hydroxyl groups excluding tert-OH is 1. The van der Waals surface area contributed by atoms with Gasteiger partial charge in [-0.2, -0.15) is 0 Å². The molecule has 1 aromatic heterocycles. The van der Waals surface area contributed by atoms with Gasteiger partial charge in [-0.25, -0.2) is 4.39 Å². The van der Waals surface area contributed by atoms with Gasteiger partial charge in [-0.3, -0.25) is 9.78 Å². The van der Waals surface area contributed by atoms with Crippen molar-refractivity contribution in [2.45, 2.75) is 31.9 Å². The minimum atomic E-state index is -0.567. The van der Waals surface area contributed by atoms with Crippen LogP contribution in [-0.2, 0) is 6.42 Å². The summed E-state index contributed by atoms with van der Waals surface area (Å²) < 4.78 is 13.7. The van der Waals surface area contributed by atoms with E-state index in [0.29, 0.717) is 30.5 Å². The number of benzene rings is 1. The predicted octanol–water partition coefficient (Wildman–Crippen LogP) is 2.35. The number of likely N-dealkylation sites (tertiary alicyclic amines) is 1. The second-order valence-electron chi connectivity index (χ2n) is 5.95. The number of carbonyl (C=O) groups is 1. The number of halogens is 1. The third-order valence-electron chi connectivity index (χ3n) is 4.38. The van der Waals surface area contributed by atoms with E-state index in [1.807, 2.05) is 12.1 Å². The number of nitrogens with zero attached hydrogens (tertiary/aromatic N) is 2. The number of carbonyl (C=O) groups excluding carboxylic acids is 1. The van der Waals surface area contributed by atoms with Crippen LogP contribution in [0.15, 0.2) is 42.7 Å². The quantitative estimate of drug-likeness (QED) is 0.946. The van der Waals surface area contributed by atoms with Gasteiger partial charge in [0.05, 0.1) is 12.1 Å². The number of hydrogen-bond acceptors (Lipinski definition) is 3. The Bertz CT molecular complexity index is 705. The normalized spacial score (nSPS) is 20.7. The Balaban J connectivity index is 1.82. The summed E-state index contributed by atoms with van der Waals surface area (Å²) in [5.74, 6) is -0.624. The van der Waals surface area contributed by atoms with Crippen LogP contribution in [0.4, 0.5) is 4.39 Å².